The molecule has 0 radical (unpaired) electrons. The number of rotatable bonds is 14. The average Bonchev–Trinajstić information content (AvgIpc) is 2.47. The molecule has 1 nitrogen and oxygen atoms in total. The summed E-state index contributed by atoms with van der Waals surface area (Å²) in [4.78, 5) is 0. The fraction of sp³-hybridized carbons (Fsp3) is 1.00. The maximum Gasteiger partial charge on any atom is 0.0576 e. The molecule has 0 heterocycles. The molecule has 0 N–H and O–H groups in total. The van der Waals surface area contributed by atoms with E-state index in [9.17, 15) is 0 Å². The van der Waals surface area contributed by atoms with Crippen molar-refractivity contribution in [1.29, 1.82) is 0 Å². The predicted octanol–water partition coefficient (Wildman–Crippen LogP) is 6.99. The molecular formula is C20H42O. The standard InChI is InChI=1S/C20H42O/c1-7-9-11-13-15-17(3)19(5)21-20(6)18(4)16-14-12-10-8-2/h17-20H,7-16H2,1-6H3. The molecule has 0 saturated carbocycles. The average molecular weight is 299 g/mol. The van der Waals surface area contributed by atoms with Gasteiger partial charge in [0.2, 0.25) is 0 Å². The molecule has 128 valence electrons. The van der Waals surface area contributed by atoms with E-state index in [2.05, 4.69) is 41.5 Å². The van der Waals surface area contributed by atoms with Gasteiger partial charge in [-0.2, -0.15) is 0 Å². The quantitative estimate of drug-likeness (QED) is 0.314. The zero-order valence-electron chi connectivity index (χ0n) is 15.8. The highest BCUT2D eigenvalue weighted by molar-refractivity contribution is 4.67. The first kappa shape index (κ1) is 21.0. The van der Waals surface area contributed by atoms with Crippen LogP contribution in [-0.4, -0.2) is 12.2 Å². The Bertz CT molecular complexity index is 192. The number of ether oxygens (including phenoxy) is 1. The molecule has 0 bridgehead atoms. The Hall–Kier alpha value is -0.0400. The van der Waals surface area contributed by atoms with Crippen molar-refractivity contribution in [2.75, 3.05) is 0 Å². The van der Waals surface area contributed by atoms with Gasteiger partial charge >= 0.3 is 0 Å². The highest BCUT2D eigenvalue weighted by Crippen LogP contribution is 2.22. The van der Waals surface area contributed by atoms with Gasteiger partial charge in [-0.05, 0) is 38.5 Å². The molecule has 0 aliphatic heterocycles. The molecule has 4 atom stereocenters. The van der Waals surface area contributed by atoms with Crippen molar-refractivity contribution in [3.8, 4) is 0 Å². The summed E-state index contributed by atoms with van der Waals surface area (Å²) in [5.74, 6) is 1.38. The number of hydrogen-bond donors (Lipinski definition) is 0. The summed E-state index contributed by atoms with van der Waals surface area (Å²) < 4.78 is 6.29. The predicted molar refractivity (Wildman–Crippen MR) is 95.9 cm³/mol. The zero-order chi connectivity index (χ0) is 16.1. The Labute approximate surface area is 135 Å². The van der Waals surface area contributed by atoms with E-state index in [-0.39, 0.29) is 0 Å². The lowest BCUT2D eigenvalue weighted by molar-refractivity contribution is -0.0473. The minimum absolute atomic E-state index is 0.403. The van der Waals surface area contributed by atoms with Crippen molar-refractivity contribution in [3.05, 3.63) is 0 Å². The van der Waals surface area contributed by atoms with Gasteiger partial charge in [-0.1, -0.05) is 79.1 Å². The van der Waals surface area contributed by atoms with Crippen molar-refractivity contribution >= 4 is 0 Å². The first-order chi connectivity index (χ1) is 10.0. The summed E-state index contributed by atoms with van der Waals surface area (Å²) in [5.41, 5.74) is 0. The Balaban J connectivity index is 3.81. The largest absolute Gasteiger partial charge is 0.375 e. The van der Waals surface area contributed by atoms with Gasteiger partial charge in [-0.3, -0.25) is 0 Å². The molecule has 0 rings (SSSR count). The van der Waals surface area contributed by atoms with Crippen molar-refractivity contribution in [2.24, 2.45) is 11.8 Å². The van der Waals surface area contributed by atoms with Crippen LogP contribution in [0.3, 0.4) is 0 Å². The minimum atomic E-state index is 0.403. The summed E-state index contributed by atoms with van der Waals surface area (Å²) in [5, 5.41) is 0. The maximum absolute atomic E-state index is 6.29. The molecule has 0 fully saturated rings. The Morgan fingerprint density at radius 2 is 0.952 bits per heavy atom. The summed E-state index contributed by atoms with van der Waals surface area (Å²) in [6.07, 6.45) is 14.4. The molecule has 0 aromatic rings. The smallest absolute Gasteiger partial charge is 0.0576 e. The van der Waals surface area contributed by atoms with Crippen LogP contribution in [0.5, 0.6) is 0 Å². The lowest BCUT2D eigenvalue weighted by atomic mass is 9.95. The molecule has 0 aliphatic rings. The van der Waals surface area contributed by atoms with Gasteiger partial charge in [-0.25, -0.2) is 0 Å². The van der Waals surface area contributed by atoms with E-state index in [0.717, 1.165) is 0 Å². The molecule has 0 aliphatic carbocycles. The SMILES string of the molecule is CCCCCCC(C)C(C)OC(C)C(C)CCCCCC. The lowest BCUT2D eigenvalue weighted by Crippen LogP contribution is -2.27. The Morgan fingerprint density at radius 1 is 0.571 bits per heavy atom. The van der Waals surface area contributed by atoms with Gasteiger partial charge in [0.25, 0.3) is 0 Å². The van der Waals surface area contributed by atoms with Crippen LogP contribution in [-0.2, 0) is 4.74 Å². The Morgan fingerprint density at radius 3 is 1.29 bits per heavy atom. The molecule has 21 heavy (non-hydrogen) atoms. The first-order valence-electron chi connectivity index (χ1n) is 9.68. The van der Waals surface area contributed by atoms with Crippen LogP contribution in [0.15, 0.2) is 0 Å². The molecule has 0 saturated heterocycles. The second-order valence-electron chi connectivity index (χ2n) is 7.20. The lowest BCUT2D eigenvalue weighted by Gasteiger charge is -2.28. The second kappa shape index (κ2) is 13.6. The van der Waals surface area contributed by atoms with E-state index in [1.807, 2.05) is 0 Å². The summed E-state index contributed by atoms with van der Waals surface area (Å²) >= 11 is 0. The van der Waals surface area contributed by atoms with E-state index >= 15 is 0 Å². The number of unbranched alkanes of at least 4 members (excludes halogenated alkanes) is 6. The normalized spacial score (nSPS) is 17.4. The van der Waals surface area contributed by atoms with Gasteiger partial charge in [0.05, 0.1) is 12.2 Å². The molecule has 0 amide bonds. The molecule has 0 aromatic heterocycles. The summed E-state index contributed by atoms with van der Waals surface area (Å²) in [6, 6.07) is 0. The van der Waals surface area contributed by atoms with Crippen molar-refractivity contribution in [1.82, 2.24) is 0 Å². The van der Waals surface area contributed by atoms with Crippen LogP contribution >= 0.6 is 0 Å². The number of hydrogen-bond acceptors (Lipinski definition) is 1. The molecule has 1 heteroatoms. The van der Waals surface area contributed by atoms with Crippen LogP contribution < -0.4 is 0 Å². The zero-order valence-corrected chi connectivity index (χ0v) is 15.8. The van der Waals surface area contributed by atoms with Gasteiger partial charge in [0.15, 0.2) is 0 Å². The monoisotopic (exact) mass is 298 g/mol. The topological polar surface area (TPSA) is 9.23 Å². The van der Waals surface area contributed by atoms with E-state index in [1.165, 1.54) is 64.2 Å². The van der Waals surface area contributed by atoms with Gasteiger partial charge in [0, 0.05) is 0 Å². The molecule has 4 unspecified atom stereocenters. The van der Waals surface area contributed by atoms with Gasteiger partial charge in [-0.15, -0.1) is 0 Å². The van der Waals surface area contributed by atoms with Crippen LogP contribution in [0.1, 0.15) is 106 Å². The third-order valence-corrected chi connectivity index (χ3v) is 5.06. The van der Waals surface area contributed by atoms with Crippen LogP contribution in [0.25, 0.3) is 0 Å². The van der Waals surface area contributed by atoms with Crippen LogP contribution in [0.4, 0.5) is 0 Å². The highest BCUT2D eigenvalue weighted by Gasteiger charge is 2.19. The van der Waals surface area contributed by atoms with Crippen LogP contribution in [0.2, 0.25) is 0 Å². The minimum Gasteiger partial charge on any atom is -0.375 e. The maximum atomic E-state index is 6.29. The van der Waals surface area contributed by atoms with E-state index in [1.54, 1.807) is 0 Å². The van der Waals surface area contributed by atoms with E-state index < -0.39 is 0 Å². The highest BCUT2D eigenvalue weighted by atomic mass is 16.5. The van der Waals surface area contributed by atoms with E-state index in [4.69, 9.17) is 4.74 Å². The Kier molecular flexibility index (Phi) is 13.6. The summed E-state index contributed by atoms with van der Waals surface area (Å²) in [6.45, 7) is 13.8. The van der Waals surface area contributed by atoms with Crippen molar-refractivity contribution < 1.29 is 4.74 Å². The molecule has 0 aromatic carbocycles. The molecule has 0 spiro atoms. The van der Waals surface area contributed by atoms with E-state index in [0.29, 0.717) is 24.0 Å². The van der Waals surface area contributed by atoms with Gasteiger partial charge < -0.3 is 4.74 Å². The molecular weight excluding hydrogens is 256 g/mol. The van der Waals surface area contributed by atoms with Crippen LogP contribution in [0, 0.1) is 11.8 Å². The second-order valence-corrected chi connectivity index (χ2v) is 7.20. The van der Waals surface area contributed by atoms with Crippen molar-refractivity contribution in [3.63, 3.8) is 0 Å². The third kappa shape index (κ3) is 11.2. The summed E-state index contributed by atoms with van der Waals surface area (Å²) in [7, 11) is 0. The fourth-order valence-corrected chi connectivity index (χ4v) is 2.86. The fourth-order valence-electron chi connectivity index (χ4n) is 2.86. The van der Waals surface area contributed by atoms with Crippen molar-refractivity contribution in [2.45, 2.75) is 118 Å². The van der Waals surface area contributed by atoms with Gasteiger partial charge in [0.1, 0.15) is 0 Å². The first-order valence-corrected chi connectivity index (χ1v) is 9.68. The third-order valence-electron chi connectivity index (χ3n) is 5.06.